The normalized spacial score (nSPS) is 12.5. The van der Waals surface area contributed by atoms with Gasteiger partial charge in [-0.1, -0.05) is 53.5 Å². The number of sulfonamides is 1. The van der Waals surface area contributed by atoms with Crippen molar-refractivity contribution in [2.45, 2.75) is 37.4 Å². The number of hydrogen-bond donors (Lipinski definition) is 1. The molecule has 198 valence electrons. The van der Waals surface area contributed by atoms with Gasteiger partial charge in [0.2, 0.25) is 10.0 Å². The summed E-state index contributed by atoms with van der Waals surface area (Å²) in [5.41, 5.74) is -0.128. The van der Waals surface area contributed by atoms with E-state index < -0.39 is 27.4 Å². The molecule has 0 amide bonds. The minimum Gasteiger partial charge on any atom is -0.228 e. The molecular formula is C27H22Cl2F3N3O2S. The Hall–Kier alpha value is -2.98. The van der Waals surface area contributed by atoms with Crippen LogP contribution in [0.15, 0.2) is 77.7 Å². The Balaban J connectivity index is 1.81. The van der Waals surface area contributed by atoms with Gasteiger partial charge in [0.05, 0.1) is 15.6 Å². The van der Waals surface area contributed by atoms with Crippen molar-refractivity contribution in [1.29, 1.82) is 0 Å². The summed E-state index contributed by atoms with van der Waals surface area (Å²) in [6.45, 7) is 5.20. The first-order valence-electron chi connectivity index (χ1n) is 11.3. The summed E-state index contributed by atoms with van der Waals surface area (Å²) in [6, 6.07) is 18.1. The quantitative estimate of drug-likeness (QED) is 0.261. The molecular weight excluding hydrogens is 558 g/mol. The predicted molar refractivity (Wildman–Crippen MR) is 143 cm³/mol. The summed E-state index contributed by atoms with van der Waals surface area (Å²) < 4.78 is 69.5. The molecule has 0 aliphatic rings. The van der Waals surface area contributed by atoms with Crippen LogP contribution in [0.4, 0.5) is 13.2 Å². The summed E-state index contributed by atoms with van der Waals surface area (Å²) in [4.78, 5) is 8.19. The van der Waals surface area contributed by atoms with E-state index in [0.717, 1.165) is 6.07 Å². The van der Waals surface area contributed by atoms with Gasteiger partial charge in [0.1, 0.15) is 5.69 Å². The molecule has 0 spiro atoms. The topological polar surface area (TPSA) is 72.0 Å². The van der Waals surface area contributed by atoms with Crippen molar-refractivity contribution in [1.82, 2.24) is 14.7 Å². The summed E-state index contributed by atoms with van der Waals surface area (Å²) >= 11 is 12.2. The van der Waals surface area contributed by atoms with E-state index in [1.807, 2.05) is 0 Å². The Bertz CT molecular complexity index is 1620. The van der Waals surface area contributed by atoms with Crippen LogP contribution in [0.2, 0.25) is 10.0 Å². The Morgan fingerprint density at radius 2 is 1.42 bits per heavy atom. The highest BCUT2D eigenvalue weighted by Gasteiger charge is 2.34. The molecule has 0 unspecified atom stereocenters. The number of aromatic nitrogens is 2. The zero-order valence-electron chi connectivity index (χ0n) is 20.4. The van der Waals surface area contributed by atoms with E-state index >= 15 is 0 Å². The third kappa shape index (κ3) is 6.53. The Morgan fingerprint density at radius 1 is 0.789 bits per heavy atom. The highest BCUT2D eigenvalue weighted by molar-refractivity contribution is 7.89. The lowest BCUT2D eigenvalue weighted by Gasteiger charge is -2.20. The maximum absolute atomic E-state index is 13.8. The number of benzene rings is 3. The molecule has 0 aliphatic carbocycles. The van der Waals surface area contributed by atoms with Crippen LogP contribution >= 0.6 is 23.2 Å². The lowest BCUT2D eigenvalue weighted by molar-refractivity contribution is -0.141. The van der Waals surface area contributed by atoms with Crippen LogP contribution in [0, 0.1) is 0 Å². The van der Waals surface area contributed by atoms with Crippen molar-refractivity contribution in [2.24, 2.45) is 0 Å². The summed E-state index contributed by atoms with van der Waals surface area (Å²) in [6.07, 6.45) is -4.73. The fourth-order valence-corrected chi connectivity index (χ4v) is 5.67. The van der Waals surface area contributed by atoms with Crippen molar-refractivity contribution in [3.63, 3.8) is 0 Å². The molecule has 1 aromatic heterocycles. The molecule has 3 aromatic carbocycles. The maximum Gasteiger partial charge on any atom is 0.433 e. The summed E-state index contributed by atoms with van der Waals surface area (Å²) in [5.74, 6) is -0.166. The van der Waals surface area contributed by atoms with E-state index in [1.54, 1.807) is 57.2 Å². The van der Waals surface area contributed by atoms with Gasteiger partial charge in [-0.15, -0.1) is 0 Å². The average molecular weight is 580 g/mol. The van der Waals surface area contributed by atoms with Gasteiger partial charge in [-0.3, -0.25) is 0 Å². The summed E-state index contributed by atoms with van der Waals surface area (Å²) in [7, 11) is -3.80. The minimum atomic E-state index is -4.73. The molecule has 11 heteroatoms. The number of rotatable bonds is 5. The van der Waals surface area contributed by atoms with E-state index in [0.29, 0.717) is 21.7 Å². The number of halogens is 5. The van der Waals surface area contributed by atoms with Gasteiger partial charge in [-0.05, 0) is 74.4 Å². The maximum atomic E-state index is 13.8. The third-order valence-electron chi connectivity index (χ3n) is 5.26. The van der Waals surface area contributed by atoms with Crippen molar-refractivity contribution in [2.75, 3.05) is 0 Å². The van der Waals surface area contributed by atoms with E-state index in [4.69, 9.17) is 23.2 Å². The van der Waals surface area contributed by atoms with Gasteiger partial charge in [0, 0.05) is 21.7 Å². The van der Waals surface area contributed by atoms with Crippen molar-refractivity contribution >= 4 is 33.2 Å². The standard InChI is InChI=1S/C27H22Cl2F3N3O2S/c1-26(2,3)35-38(36,37)20-9-5-7-17(13-20)16-6-4-8-18(12-16)25-33-23(15-24(34-25)27(30,31)32)21-11-10-19(28)14-22(21)29/h4-15,35H,1-3H3. The predicted octanol–water partition coefficient (Wildman–Crippen LogP) is 7.88. The number of alkyl halides is 3. The first kappa shape index (κ1) is 28.0. The third-order valence-corrected chi connectivity index (χ3v) is 7.57. The molecule has 1 N–H and O–H groups in total. The summed E-state index contributed by atoms with van der Waals surface area (Å²) in [5, 5.41) is 0.477. The lowest BCUT2D eigenvalue weighted by Crippen LogP contribution is -2.40. The van der Waals surface area contributed by atoms with Crippen LogP contribution < -0.4 is 4.72 Å². The van der Waals surface area contributed by atoms with E-state index in [2.05, 4.69) is 14.7 Å². The van der Waals surface area contributed by atoms with Crippen LogP contribution in [0.3, 0.4) is 0 Å². The molecule has 1 heterocycles. The monoisotopic (exact) mass is 579 g/mol. The number of hydrogen-bond acceptors (Lipinski definition) is 4. The van der Waals surface area contributed by atoms with E-state index in [-0.39, 0.29) is 27.0 Å². The van der Waals surface area contributed by atoms with Crippen molar-refractivity contribution < 1.29 is 21.6 Å². The molecule has 0 radical (unpaired) electrons. The zero-order valence-corrected chi connectivity index (χ0v) is 22.8. The van der Waals surface area contributed by atoms with Gasteiger partial charge < -0.3 is 0 Å². The highest BCUT2D eigenvalue weighted by Crippen LogP contribution is 2.36. The second kappa shape index (κ2) is 10.3. The van der Waals surface area contributed by atoms with Gasteiger partial charge in [-0.2, -0.15) is 13.2 Å². The molecule has 0 atom stereocenters. The van der Waals surface area contributed by atoms with Gasteiger partial charge in [0.25, 0.3) is 0 Å². The first-order chi connectivity index (χ1) is 17.6. The molecule has 0 aliphatic heterocycles. The van der Waals surface area contributed by atoms with E-state index in [1.165, 1.54) is 30.3 Å². The van der Waals surface area contributed by atoms with E-state index in [9.17, 15) is 21.6 Å². The van der Waals surface area contributed by atoms with Crippen molar-refractivity contribution in [3.8, 4) is 33.8 Å². The minimum absolute atomic E-state index is 0.0178. The van der Waals surface area contributed by atoms with Gasteiger partial charge in [0.15, 0.2) is 5.82 Å². The molecule has 4 rings (SSSR count). The molecule has 0 saturated heterocycles. The molecule has 5 nitrogen and oxygen atoms in total. The van der Waals surface area contributed by atoms with Crippen LogP contribution in [0.5, 0.6) is 0 Å². The average Bonchev–Trinajstić information content (AvgIpc) is 2.82. The molecule has 0 bridgehead atoms. The SMILES string of the molecule is CC(C)(C)NS(=O)(=O)c1cccc(-c2cccc(-c3nc(-c4ccc(Cl)cc4Cl)cc(C(F)(F)F)n3)c2)c1. The fraction of sp³-hybridized carbons (Fsp3) is 0.185. The molecule has 0 saturated carbocycles. The number of nitrogens with zero attached hydrogens (tertiary/aromatic N) is 2. The second-order valence-corrected chi connectivity index (χ2v) is 12.1. The van der Waals surface area contributed by atoms with Crippen LogP contribution in [0.1, 0.15) is 26.5 Å². The molecule has 0 fully saturated rings. The lowest BCUT2D eigenvalue weighted by atomic mass is 10.0. The van der Waals surface area contributed by atoms with Crippen LogP contribution in [-0.2, 0) is 16.2 Å². The van der Waals surface area contributed by atoms with Crippen LogP contribution in [0.25, 0.3) is 33.8 Å². The molecule has 4 aromatic rings. The number of nitrogens with one attached hydrogen (secondary N) is 1. The van der Waals surface area contributed by atoms with Crippen LogP contribution in [-0.4, -0.2) is 23.9 Å². The van der Waals surface area contributed by atoms with Crippen molar-refractivity contribution in [3.05, 3.63) is 88.5 Å². The van der Waals surface area contributed by atoms with Gasteiger partial charge >= 0.3 is 6.18 Å². The fourth-order valence-electron chi connectivity index (χ4n) is 3.70. The largest absolute Gasteiger partial charge is 0.433 e. The Morgan fingerprint density at radius 3 is 2.05 bits per heavy atom. The Kier molecular flexibility index (Phi) is 7.60. The molecule has 38 heavy (non-hydrogen) atoms. The highest BCUT2D eigenvalue weighted by atomic mass is 35.5. The zero-order chi connectivity index (χ0) is 27.9. The van der Waals surface area contributed by atoms with Gasteiger partial charge in [-0.25, -0.2) is 23.1 Å². The second-order valence-electron chi connectivity index (χ2n) is 9.55. The Labute approximate surface area is 228 Å². The smallest absolute Gasteiger partial charge is 0.228 e. The first-order valence-corrected chi connectivity index (χ1v) is 13.5.